The molecule has 0 unspecified atom stereocenters. The van der Waals surface area contributed by atoms with Crippen molar-refractivity contribution in [3.8, 4) is 0 Å². The molecule has 1 heterocycles. The van der Waals surface area contributed by atoms with Crippen LogP contribution < -0.4 is 0 Å². The van der Waals surface area contributed by atoms with Crippen LogP contribution in [0.25, 0.3) is 0 Å². The van der Waals surface area contributed by atoms with E-state index in [2.05, 4.69) is 0 Å². The molecule has 5 nitrogen and oxygen atoms in total. The van der Waals surface area contributed by atoms with Crippen LogP contribution in [0.4, 0.5) is 0 Å². The van der Waals surface area contributed by atoms with Crippen molar-refractivity contribution in [2.24, 2.45) is 0 Å². The molecule has 0 saturated carbocycles. The number of rotatable bonds is 1. The molecule has 94 valence electrons. The minimum Gasteiger partial charge on any atom is -0.459 e. The lowest BCUT2D eigenvalue weighted by atomic mass is 10.1. The monoisotopic (exact) mass is 240 g/mol. The highest BCUT2D eigenvalue weighted by atomic mass is 16.5. The van der Waals surface area contributed by atoms with Crippen LogP contribution in [0.15, 0.2) is 24.3 Å². The fraction of sp³-hybridized carbons (Fsp3) is 0.500. The lowest BCUT2D eigenvalue weighted by Crippen LogP contribution is -2.21. The Morgan fingerprint density at radius 2 is 2.18 bits per heavy atom. The molecule has 0 radical (unpaired) electrons. The fourth-order valence-corrected chi connectivity index (χ4v) is 1.45. The topological polar surface area (TPSA) is 72.8 Å². The van der Waals surface area contributed by atoms with Crippen molar-refractivity contribution in [1.29, 1.82) is 0 Å². The minimum atomic E-state index is -0.734. The molecule has 1 rings (SSSR count). The summed E-state index contributed by atoms with van der Waals surface area (Å²) in [5.74, 6) is -0.977. The lowest BCUT2D eigenvalue weighted by Gasteiger charge is -2.16. The first-order valence-electron chi connectivity index (χ1n) is 5.40. The number of cyclic esters (lactones) is 1. The summed E-state index contributed by atoms with van der Waals surface area (Å²) < 4.78 is 9.91. The van der Waals surface area contributed by atoms with E-state index >= 15 is 0 Å². The van der Waals surface area contributed by atoms with Gasteiger partial charge >= 0.3 is 11.9 Å². The summed E-state index contributed by atoms with van der Waals surface area (Å²) in [7, 11) is 0. The molecule has 0 amide bonds. The molecule has 0 aromatic carbocycles. The van der Waals surface area contributed by atoms with Crippen LogP contribution in [-0.4, -0.2) is 35.4 Å². The number of carbonyl (C=O) groups excluding carboxylic acids is 2. The quantitative estimate of drug-likeness (QED) is 0.540. The van der Waals surface area contributed by atoms with E-state index in [0.717, 1.165) is 0 Å². The van der Waals surface area contributed by atoms with Gasteiger partial charge in [-0.15, -0.1) is 0 Å². The summed E-state index contributed by atoms with van der Waals surface area (Å²) in [6.07, 6.45) is 4.23. The van der Waals surface area contributed by atoms with E-state index in [1.807, 2.05) is 0 Å². The van der Waals surface area contributed by atoms with E-state index < -0.39 is 24.1 Å². The largest absolute Gasteiger partial charge is 0.459 e. The number of hydrogen-bond donors (Lipinski definition) is 1. The zero-order valence-electron chi connectivity index (χ0n) is 9.83. The summed E-state index contributed by atoms with van der Waals surface area (Å²) in [5, 5.41) is 9.60. The van der Waals surface area contributed by atoms with Gasteiger partial charge in [0.2, 0.25) is 0 Å². The van der Waals surface area contributed by atoms with Gasteiger partial charge in [-0.05, 0) is 19.1 Å². The van der Waals surface area contributed by atoms with Gasteiger partial charge in [0.05, 0.1) is 6.10 Å². The van der Waals surface area contributed by atoms with Gasteiger partial charge in [-0.1, -0.05) is 6.08 Å². The molecule has 0 aromatic heterocycles. The molecule has 1 aliphatic rings. The summed E-state index contributed by atoms with van der Waals surface area (Å²) in [6, 6.07) is 0. The van der Waals surface area contributed by atoms with Crippen molar-refractivity contribution >= 4 is 11.9 Å². The van der Waals surface area contributed by atoms with E-state index in [1.165, 1.54) is 31.2 Å². The Bertz CT molecular complexity index is 345. The van der Waals surface area contributed by atoms with Crippen molar-refractivity contribution in [2.45, 2.75) is 38.6 Å². The van der Waals surface area contributed by atoms with Gasteiger partial charge in [0, 0.05) is 19.4 Å². The van der Waals surface area contributed by atoms with Gasteiger partial charge in [-0.2, -0.15) is 0 Å². The van der Waals surface area contributed by atoms with Gasteiger partial charge < -0.3 is 14.6 Å². The minimum absolute atomic E-state index is 0.308. The second kappa shape index (κ2) is 6.20. The average Bonchev–Trinajstić information content (AvgIpc) is 2.20. The first kappa shape index (κ1) is 13.4. The van der Waals surface area contributed by atoms with Gasteiger partial charge in [-0.3, -0.25) is 4.79 Å². The molecule has 5 heteroatoms. The molecule has 0 spiro atoms. The van der Waals surface area contributed by atoms with Crippen LogP contribution in [0.3, 0.4) is 0 Å². The second-order valence-electron chi connectivity index (χ2n) is 3.87. The Morgan fingerprint density at radius 1 is 1.47 bits per heavy atom. The molecule has 0 fully saturated rings. The van der Waals surface area contributed by atoms with Crippen LogP contribution in [0.2, 0.25) is 0 Å². The molecule has 17 heavy (non-hydrogen) atoms. The number of hydrogen-bond acceptors (Lipinski definition) is 5. The Morgan fingerprint density at radius 3 is 2.82 bits per heavy atom. The van der Waals surface area contributed by atoms with Gasteiger partial charge in [-0.25, -0.2) is 4.79 Å². The predicted molar refractivity (Wildman–Crippen MR) is 60.0 cm³/mol. The Hall–Kier alpha value is -1.62. The van der Waals surface area contributed by atoms with Crippen LogP contribution >= 0.6 is 0 Å². The standard InChI is InChI=1S/C12H16O5/c1-8-7-10(14)3-4-11(17-9(2)13)5-6-12(15)16-8/h3-6,8,10-11,14H,7H2,1-2H3/b4-3+,6-5-/t8-,10-,11+/m0/s1. The highest BCUT2D eigenvalue weighted by Gasteiger charge is 2.14. The van der Waals surface area contributed by atoms with Crippen LogP contribution in [0.5, 0.6) is 0 Å². The number of aliphatic hydroxyl groups excluding tert-OH is 1. The van der Waals surface area contributed by atoms with Crippen molar-refractivity contribution in [2.75, 3.05) is 0 Å². The highest BCUT2D eigenvalue weighted by Crippen LogP contribution is 2.09. The van der Waals surface area contributed by atoms with Crippen molar-refractivity contribution in [3.63, 3.8) is 0 Å². The van der Waals surface area contributed by atoms with Crippen LogP contribution in [0, 0.1) is 0 Å². The Balaban J connectivity index is 2.79. The van der Waals surface area contributed by atoms with Crippen LogP contribution in [-0.2, 0) is 19.1 Å². The SMILES string of the molecule is CC(=O)O[C@H]1/C=C\C(=O)O[C@@H](C)C[C@@H](O)/C=C/1. The number of carbonyl (C=O) groups is 2. The molecule has 1 N–H and O–H groups in total. The number of aliphatic hydroxyl groups is 1. The lowest BCUT2D eigenvalue weighted by molar-refractivity contribution is -0.145. The zero-order valence-corrected chi connectivity index (χ0v) is 9.83. The molecular formula is C12H16O5. The predicted octanol–water partition coefficient (Wildman–Crippen LogP) is 0.727. The Kier molecular flexibility index (Phi) is 4.90. The number of esters is 2. The van der Waals surface area contributed by atoms with E-state index in [0.29, 0.717) is 6.42 Å². The molecule has 0 saturated heterocycles. The fourth-order valence-electron chi connectivity index (χ4n) is 1.45. The average molecular weight is 240 g/mol. The van der Waals surface area contributed by atoms with Gasteiger partial charge in [0.1, 0.15) is 12.2 Å². The molecule has 1 aliphatic heterocycles. The third-order valence-corrected chi connectivity index (χ3v) is 2.14. The van der Waals surface area contributed by atoms with Crippen molar-refractivity contribution in [1.82, 2.24) is 0 Å². The third-order valence-electron chi connectivity index (χ3n) is 2.14. The summed E-state index contributed by atoms with van der Waals surface area (Å²) in [4.78, 5) is 22.1. The molecule has 0 aliphatic carbocycles. The van der Waals surface area contributed by atoms with E-state index in [4.69, 9.17) is 9.47 Å². The zero-order chi connectivity index (χ0) is 12.8. The third kappa shape index (κ3) is 5.31. The first-order chi connectivity index (χ1) is 7.97. The van der Waals surface area contributed by atoms with Crippen LogP contribution in [0.1, 0.15) is 20.3 Å². The molecule has 3 atom stereocenters. The van der Waals surface area contributed by atoms with Gasteiger partial charge in [0.25, 0.3) is 0 Å². The normalized spacial score (nSPS) is 33.4. The maximum Gasteiger partial charge on any atom is 0.330 e. The van der Waals surface area contributed by atoms with E-state index in [-0.39, 0.29) is 6.10 Å². The maximum absolute atomic E-state index is 11.3. The van der Waals surface area contributed by atoms with Gasteiger partial charge in [0.15, 0.2) is 0 Å². The van der Waals surface area contributed by atoms with E-state index in [1.54, 1.807) is 6.92 Å². The number of ether oxygens (including phenoxy) is 2. The highest BCUT2D eigenvalue weighted by molar-refractivity contribution is 5.82. The van der Waals surface area contributed by atoms with Crippen molar-refractivity contribution < 1.29 is 24.2 Å². The smallest absolute Gasteiger partial charge is 0.330 e. The second-order valence-corrected chi connectivity index (χ2v) is 3.87. The van der Waals surface area contributed by atoms with E-state index in [9.17, 15) is 14.7 Å². The summed E-state index contributed by atoms with van der Waals surface area (Å²) >= 11 is 0. The first-order valence-corrected chi connectivity index (χ1v) is 5.40. The Labute approximate surface area is 99.7 Å². The molecule has 0 bridgehead atoms. The maximum atomic E-state index is 11.3. The van der Waals surface area contributed by atoms with Crippen molar-refractivity contribution in [3.05, 3.63) is 24.3 Å². The molecular weight excluding hydrogens is 224 g/mol. The summed E-state index contributed by atoms with van der Waals surface area (Å²) in [6.45, 7) is 2.98. The molecule has 0 aromatic rings. The summed E-state index contributed by atoms with van der Waals surface area (Å²) in [5.41, 5.74) is 0.